The van der Waals surface area contributed by atoms with Gasteiger partial charge in [0.05, 0.1) is 16.7 Å². The first-order valence-corrected chi connectivity index (χ1v) is 11.8. The third kappa shape index (κ3) is 3.39. The number of carbonyl (C=O) groups excluding carboxylic acids is 2. The van der Waals surface area contributed by atoms with Gasteiger partial charge in [-0.05, 0) is 67.1 Å². The van der Waals surface area contributed by atoms with Crippen LogP contribution in [-0.2, 0) is 9.63 Å². The summed E-state index contributed by atoms with van der Waals surface area (Å²) in [5.41, 5.74) is 1.40. The van der Waals surface area contributed by atoms with Gasteiger partial charge in [-0.3, -0.25) is 4.79 Å². The fraction of sp³-hybridized carbons (Fsp3) is 0.400. The summed E-state index contributed by atoms with van der Waals surface area (Å²) in [5.74, 6) is -0.553. The van der Waals surface area contributed by atoms with E-state index in [9.17, 15) is 9.59 Å². The lowest BCUT2D eigenvalue weighted by molar-refractivity contribution is -0.130. The topological polar surface area (TPSA) is 67.8 Å². The Morgan fingerprint density at radius 1 is 1.09 bits per heavy atom. The zero-order valence-electron chi connectivity index (χ0n) is 18.6. The average molecular weight is 518 g/mol. The monoisotopic (exact) mass is 516 g/mol. The molecule has 2 bridgehead atoms. The van der Waals surface area contributed by atoms with Crippen LogP contribution >= 0.6 is 27.5 Å². The van der Waals surface area contributed by atoms with E-state index in [2.05, 4.69) is 47.2 Å². The van der Waals surface area contributed by atoms with E-state index in [1.165, 1.54) is 0 Å². The van der Waals surface area contributed by atoms with E-state index < -0.39 is 11.4 Å². The minimum Gasteiger partial charge on any atom is -0.325 e. The highest BCUT2D eigenvalue weighted by Crippen LogP contribution is 2.71. The van der Waals surface area contributed by atoms with Gasteiger partial charge in [0.25, 0.3) is 0 Å². The number of benzene rings is 2. The number of rotatable bonds is 4. The minimum atomic E-state index is -0.640. The van der Waals surface area contributed by atoms with Crippen LogP contribution in [0.3, 0.4) is 0 Å². The second-order valence-corrected chi connectivity index (χ2v) is 10.8. The Morgan fingerprint density at radius 2 is 1.78 bits per heavy atom. The maximum absolute atomic E-state index is 13.6. The molecule has 0 saturated heterocycles. The molecule has 0 radical (unpaired) electrons. The zero-order valence-corrected chi connectivity index (χ0v) is 20.9. The van der Waals surface area contributed by atoms with Gasteiger partial charge in [0, 0.05) is 27.0 Å². The van der Waals surface area contributed by atoms with E-state index in [4.69, 9.17) is 16.4 Å². The number of carbonyl (C=O) groups is 2. The van der Waals surface area contributed by atoms with Crippen LogP contribution in [0.25, 0.3) is 0 Å². The van der Waals surface area contributed by atoms with Crippen molar-refractivity contribution < 1.29 is 14.4 Å². The molecule has 0 heterocycles. The van der Waals surface area contributed by atoms with Crippen LogP contribution in [0.15, 0.2) is 52.1 Å². The summed E-state index contributed by atoms with van der Waals surface area (Å²) in [5, 5.41) is 8.02. The van der Waals surface area contributed by atoms with Gasteiger partial charge in [0.2, 0.25) is 5.91 Å². The molecule has 2 aromatic rings. The van der Waals surface area contributed by atoms with Crippen molar-refractivity contribution in [2.24, 2.45) is 21.4 Å². The summed E-state index contributed by atoms with van der Waals surface area (Å²) in [6.45, 7) is 8.24. The van der Waals surface area contributed by atoms with Crippen LogP contribution < -0.4 is 5.32 Å². The van der Waals surface area contributed by atoms with Crippen LogP contribution in [0.5, 0.6) is 0 Å². The molecule has 1 amide bonds. The molecule has 2 fully saturated rings. The SMILES string of the molecule is Cc1c(Cl)cccc1NC(=O)C12CCC(C)(/C(=N\OC(=O)c3ccc(Br)cc3)C1)C2(C)C. The Hall–Kier alpha value is -2.18. The Bertz CT molecular complexity index is 1130. The molecule has 1 N–H and O–H groups in total. The second-order valence-electron chi connectivity index (χ2n) is 9.51. The van der Waals surface area contributed by atoms with Gasteiger partial charge in [-0.1, -0.05) is 59.5 Å². The molecule has 32 heavy (non-hydrogen) atoms. The van der Waals surface area contributed by atoms with Crippen molar-refractivity contribution in [1.82, 2.24) is 0 Å². The predicted octanol–water partition coefficient (Wildman–Crippen LogP) is 6.78. The number of nitrogens with one attached hydrogen (secondary N) is 1. The van der Waals surface area contributed by atoms with E-state index in [0.717, 1.165) is 28.6 Å². The van der Waals surface area contributed by atoms with Crippen molar-refractivity contribution >= 4 is 50.8 Å². The van der Waals surface area contributed by atoms with Crippen molar-refractivity contribution in [2.75, 3.05) is 5.32 Å². The third-order valence-corrected chi connectivity index (χ3v) is 8.94. The van der Waals surface area contributed by atoms with Crippen molar-refractivity contribution in [3.8, 4) is 0 Å². The number of halogens is 2. The number of hydrogen-bond donors (Lipinski definition) is 1. The second kappa shape index (κ2) is 7.99. The van der Waals surface area contributed by atoms with Gasteiger partial charge in [-0.2, -0.15) is 0 Å². The predicted molar refractivity (Wildman–Crippen MR) is 130 cm³/mol. The van der Waals surface area contributed by atoms with Crippen LogP contribution in [0, 0.1) is 23.2 Å². The summed E-state index contributed by atoms with van der Waals surface area (Å²) < 4.78 is 0.880. The van der Waals surface area contributed by atoms with E-state index in [-0.39, 0.29) is 16.7 Å². The first-order valence-electron chi connectivity index (χ1n) is 10.6. The highest BCUT2D eigenvalue weighted by Gasteiger charge is 2.71. The molecule has 2 aromatic carbocycles. The quantitative estimate of drug-likeness (QED) is 0.359. The largest absolute Gasteiger partial charge is 0.365 e. The Labute approximate surface area is 201 Å². The molecule has 2 aliphatic rings. The average Bonchev–Trinajstić information content (AvgIpc) is 3.06. The van der Waals surface area contributed by atoms with Crippen LogP contribution in [-0.4, -0.2) is 17.6 Å². The number of amides is 1. The fourth-order valence-electron chi connectivity index (χ4n) is 5.24. The molecule has 4 rings (SSSR count). The Kier molecular flexibility index (Phi) is 5.74. The van der Waals surface area contributed by atoms with Gasteiger partial charge < -0.3 is 10.2 Å². The summed E-state index contributed by atoms with van der Waals surface area (Å²) in [6, 6.07) is 12.4. The molecular formula is C25H26BrClN2O3. The van der Waals surface area contributed by atoms with Crippen molar-refractivity contribution in [1.29, 1.82) is 0 Å². The number of oxime groups is 1. The maximum atomic E-state index is 13.6. The first kappa shape index (κ1) is 23.0. The lowest BCUT2D eigenvalue weighted by atomic mass is 9.64. The highest BCUT2D eigenvalue weighted by molar-refractivity contribution is 9.10. The van der Waals surface area contributed by atoms with E-state index in [1.807, 2.05) is 25.1 Å². The molecule has 2 atom stereocenters. The van der Waals surface area contributed by atoms with Crippen molar-refractivity contribution in [2.45, 2.75) is 47.0 Å². The van der Waals surface area contributed by atoms with Gasteiger partial charge in [0.1, 0.15) is 0 Å². The summed E-state index contributed by atoms with van der Waals surface area (Å²) in [4.78, 5) is 31.4. The minimum absolute atomic E-state index is 0.0407. The first-order chi connectivity index (χ1) is 15.0. The van der Waals surface area contributed by atoms with Gasteiger partial charge in [0.15, 0.2) is 0 Å². The van der Waals surface area contributed by atoms with E-state index in [1.54, 1.807) is 24.3 Å². The molecule has 0 spiro atoms. The zero-order chi connectivity index (χ0) is 23.3. The van der Waals surface area contributed by atoms with Crippen LogP contribution in [0.2, 0.25) is 5.02 Å². The normalized spacial score (nSPS) is 26.9. The van der Waals surface area contributed by atoms with Gasteiger partial charge in [-0.25, -0.2) is 4.79 Å². The highest BCUT2D eigenvalue weighted by atomic mass is 79.9. The van der Waals surface area contributed by atoms with Gasteiger partial charge in [-0.15, -0.1) is 0 Å². The Balaban J connectivity index is 1.60. The molecule has 2 saturated carbocycles. The smallest absolute Gasteiger partial charge is 0.325 e. The molecule has 0 aromatic heterocycles. The van der Waals surface area contributed by atoms with Crippen molar-refractivity contribution in [3.05, 3.63) is 63.1 Å². The molecule has 2 aliphatic carbocycles. The molecule has 7 heteroatoms. The lowest BCUT2D eigenvalue weighted by Crippen LogP contribution is -2.43. The summed E-state index contributed by atoms with van der Waals surface area (Å²) >= 11 is 9.60. The van der Waals surface area contributed by atoms with Crippen LogP contribution in [0.1, 0.15) is 56.0 Å². The van der Waals surface area contributed by atoms with Gasteiger partial charge >= 0.3 is 5.97 Å². The summed E-state index contributed by atoms with van der Waals surface area (Å²) in [6.07, 6.45) is 2.01. The standard InChI is InChI=1S/C25H26BrClN2O3/c1-15-18(27)6-5-7-19(15)28-22(31)25-13-12-24(4,23(25,2)3)20(14-25)29-32-21(30)16-8-10-17(26)11-9-16/h5-11H,12-14H2,1-4H3,(H,28,31)/b29-20-. The Morgan fingerprint density at radius 3 is 2.47 bits per heavy atom. The van der Waals surface area contributed by atoms with E-state index >= 15 is 0 Å². The summed E-state index contributed by atoms with van der Waals surface area (Å²) in [7, 11) is 0. The number of anilines is 1. The third-order valence-electron chi connectivity index (χ3n) is 8.00. The number of nitrogens with zero attached hydrogens (tertiary/aromatic N) is 1. The number of fused-ring (bicyclic) bond motifs is 2. The lowest BCUT2D eigenvalue weighted by Gasteiger charge is -2.39. The molecule has 168 valence electrons. The molecular weight excluding hydrogens is 492 g/mol. The van der Waals surface area contributed by atoms with E-state index in [0.29, 0.717) is 22.7 Å². The molecule has 0 aliphatic heterocycles. The number of hydrogen-bond acceptors (Lipinski definition) is 4. The maximum Gasteiger partial charge on any atom is 0.365 e. The van der Waals surface area contributed by atoms with Crippen molar-refractivity contribution in [3.63, 3.8) is 0 Å². The molecule has 2 unspecified atom stereocenters. The van der Waals surface area contributed by atoms with Crippen LogP contribution in [0.4, 0.5) is 5.69 Å². The molecule has 5 nitrogen and oxygen atoms in total. The fourth-order valence-corrected chi connectivity index (χ4v) is 5.68.